The zero-order valence-electron chi connectivity index (χ0n) is 14.1. The Balaban J connectivity index is 1.49. The van der Waals surface area contributed by atoms with E-state index in [1.807, 2.05) is 54.6 Å². The number of rotatable bonds is 6. The normalized spacial score (nSPS) is 10.5. The summed E-state index contributed by atoms with van der Waals surface area (Å²) in [6.07, 6.45) is 0.131. The number of esters is 1. The van der Waals surface area contributed by atoms with Gasteiger partial charge in [0.15, 0.2) is 6.61 Å². The van der Waals surface area contributed by atoms with E-state index >= 15 is 0 Å². The lowest BCUT2D eigenvalue weighted by molar-refractivity contribution is -0.147. The average Bonchev–Trinajstić information content (AvgIpc) is 2.66. The molecule has 0 saturated heterocycles. The molecule has 4 nitrogen and oxygen atoms in total. The average molecular weight is 368 g/mol. The Hall–Kier alpha value is -2.85. The molecule has 0 unspecified atom stereocenters. The van der Waals surface area contributed by atoms with Gasteiger partial charge < -0.3 is 10.1 Å². The number of amides is 1. The minimum Gasteiger partial charge on any atom is -0.455 e. The van der Waals surface area contributed by atoms with Crippen molar-refractivity contribution in [3.05, 3.63) is 82.9 Å². The molecule has 0 fully saturated rings. The fraction of sp³-hybridized carbons (Fsp3) is 0.143. The number of nitrogens with one attached hydrogen (secondary N) is 1. The van der Waals surface area contributed by atoms with Crippen LogP contribution in [0.25, 0.3) is 10.8 Å². The first kappa shape index (κ1) is 18.0. The number of ether oxygens (including phenoxy) is 1. The number of carbonyl (C=O) groups is 2. The summed E-state index contributed by atoms with van der Waals surface area (Å²) in [4.78, 5) is 23.9. The Bertz CT molecular complexity index is 917. The highest BCUT2D eigenvalue weighted by Crippen LogP contribution is 2.19. The molecule has 1 N–H and O–H groups in total. The minimum atomic E-state index is -0.428. The molecule has 132 valence electrons. The van der Waals surface area contributed by atoms with Crippen LogP contribution < -0.4 is 5.32 Å². The first-order valence-corrected chi connectivity index (χ1v) is 8.63. The van der Waals surface area contributed by atoms with Crippen molar-refractivity contribution >= 4 is 34.2 Å². The molecule has 1 amide bonds. The van der Waals surface area contributed by atoms with Gasteiger partial charge in [-0.2, -0.15) is 0 Å². The summed E-state index contributed by atoms with van der Waals surface area (Å²) in [5.74, 6) is -0.769. The van der Waals surface area contributed by atoms with E-state index in [1.54, 1.807) is 12.1 Å². The molecular weight excluding hydrogens is 350 g/mol. The van der Waals surface area contributed by atoms with E-state index in [-0.39, 0.29) is 18.9 Å². The van der Waals surface area contributed by atoms with Crippen molar-refractivity contribution in [3.8, 4) is 0 Å². The fourth-order valence-electron chi connectivity index (χ4n) is 2.65. The molecule has 0 spiro atoms. The first-order chi connectivity index (χ1) is 12.6. The van der Waals surface area contributed by atoms with E-state index in [2.05, 4.69) is 5.32 Å². The Morgan fingerprint density at radius 3 is 2.46 bits per heavy atom. The van der Waals surface area contributed by atoms with Crippen LogP contribution >= 0.6 is 11.6 Å². The second-order valence-corrected chi connectivity index (χ2v) is 6.32. The molecule has 0 aliphatic rings. The maximum absolute atomic E-state index is 12.1. The zero-order chi connectivity index (χ0) is 18.4. The molecule has 3 aromatic rings. The van der Waals surface area contributed by atoms with Crippen LogP contribution in [-0.2, 0) is 27.3 Å². The predicted molar refractivity (Wildman–Crippen MR) is 102 cm³/mol. The van der Waals surface area contributed by atoms with Crippen molar-refractivity contribution in [2.75, 3.05) is 6.61 Å². The summed E-state index contributed by atoms with van der Waals surface area (Å²) in [5, 5.41) is 5.43. The molecule has 26 heavy (non-hydrogen) atoms. The number of hydrogen-bond acceptors (Lipinski definition) is 3. The maximum atomic E-state index is 12.1. The van der Waals surface area contributed by atoms with Crippen LogP contribution in [0.5, 0.6) is 0 Å². The lowest BCUT2D eigenvalue weighted by Gasteiger charge is -2.08. The molecule has 0 saturated carbocycles. The van der Waals surface area contributed by atoms with Crippen molar-refractivity contribution in [2.24, 2.45) is 0 Å². The third-order valence-electron chi connectivity index (χ3n) is 3.98. The topological polar surface area (TPSA) is 55.4 Å². The largest absolute Gasteiger partial charge is 0.455 e. The highest BCUT2D eigenvalue weighted by molar-refractivity contribution is 6.30. The van der Waals surface area contributed by atoms with Crippen LogP contribution in [0.15, 0.2) is 66.7 Å². The van der Waals surface area contributed by atoms with E-state index in [1.165, 1.54) is 0 Å². The van der Waals surface area contributed by atoms with Gasteiger partial charge in [0.1, 0.15) is 0 Å². The number of carbonyl (C=O) groups excluding carboxylic acids is 2. The molecule has 0 bridgehead atoms. The van der Waals surface area contributed by atoms with Gasteiger partial charge in [-0.1, -0.05) is 66.2 Å². The zero-order valence-corrected chi connectivity index (χ0v) is 14.8. The third-order valence-corrected chi connectivity index (χ3v) is 4.23. The summed E-state index contributed by atoms with van der Waals surface area (Å²) < 4.78 is 5.09. The Kier molecular flexibility index (Phi) is 5.87. The molecule has 0 atom stereocenters. The van der Waals surface area contributed by atoms with Crippen LogP contribution in [0.1, 0.15) is 11.1 Å². The fourth-order valence-corrected chi connectivity index (χ4v) is 2.78. The van der Waals surface area contributed by atoms with E-state index in [9.17, 15) is 9.59 Å². The van der Waals surface area contributed by atoms with Crippen LogP contribution in [0, 0.1) is 0 Å². The van der Waals surface area contributed by atoms with Gasteiger partial charge in [0.25, 0.3) is 5.91 Å². The summed E-state index contributed by atoms with van der Waals surface area (Å²) in [6, 6.07) is 20.8. The van der Waals surface area contributed by atoms with Gasteiger partial charge in [-0.15, -0.1) is 0 Å². The molecule has 5 heteroatoms. The van der Waals surface area contributed by atoms with Crippen molar-refractivity contribution < 1.29 is 14.3 Å². The number of fused-ring (bicyclic) bond motifs is 1. The second kappa shape index (κ2) is 8.50. The first-order valence-electron chi connectivity index (χ1n) is 8.25. The van der Waals surface area contributed by atoms with Gasteiger partial charge in [-0.25, -0.2) is 0 Å². The monoisotopic (exact) mass is 367 g/mol. The minimum absolute atomic E-state index is 0.131. The SMILES string of the molecule is O=C(COC(=O)Cc1cccc2ccccc12)NCc1ccc(Cl)cc1. The predicted octanol–water partition coefficient (Wildman–Crippen LogP) is 3.90. The van der Waals surface area contributed by atoms with Gasteiger partial charge in [-0.05, 0) is 34.0 Å². The van der Waals surface area contributed by atoms with Gasteiger partial charge >= 0.3 is 5.97 Å². The molecule has 0 radical (unpaired) electrons. The van der Waals surface area contributed by atoms with Crippen molar-refractivity contribution in [1.29, 1.82) is 0 Å². The second-order valence-electron chi connectivity index (χ2n) is 5.88. The van der Waals surface area contributed by atoms with Crippen molar-refractivity contribution in [3.63, 3.8) is 0 Å². The van der Waals surface area contributed by atoms with Crippen molar-refractivity contribution in [1.82, 2.24) is 5.32 Å². The Morgan fingerprint density at radius 2 is 1.65 bits per heavy atom. The van der Waals surface area contributed by atoms with Gasteiger partial charge in [0.05, 0.1) is 6.42 Å². The van der Waals surface area contributed by atoms with E-state index in [0.717, 1.165) is 21.9 Å². The molecule has 0 aliphatic heterocycles. The van der Waals surface area contributed by atoms with Gasteiger partial charge in [0, 0.05) is 11.6 Å². The molecule has 3 rings (SSSR count). The van der Waals surface area contributed by atoms with E-state index in [0.29, 0.717) is 11.6 Å². The quantitative estimate of drug-likeness (QED) is 0.672. The molecular formula is C21H18ClNO3. The van der Waals surface area contributed by atoms with Gasteiger partial charge in [0.2, 0.25) is 0 Å². The van der Waals surface area contributed by atoms with Crippen LogP contribution in [0.2, 0.25) is 5.02 Å². The highest BCUT2D eigenvalue weighted by atomic mass is 35.5. The standard InChI is InChI=1S/C21H18ClNO3/c22-18-10-8-15(9-11-18)13-23-20(24)14-26-21(25)12-17-6-3-5-16-4-1-2-7-19(16)17/h1-11H,12-14H2,(H,23,24). The number of halogens is 1. The van der Waals surface area contributed by atoms with E-state index in [4.69, 9.17) is 16.3 Å². The molecule has 0 aromatic heterocycles. The Labute approximate surface area is 156 Å². The smallest absolute Gasteiger partial charge is 0.310 e. The Morgan fingerprint density at radius 1 is 0.923 bits per heavy atom. The number of hydrogen-bond donors (Lipinski definition) is 1. The molecule has 3 aromatic carbocycles. The van der Waals surface area contributed by atoms with Crippen LogP contribution in [0.4, 0.5) is 0 Å². The summed E-state index contributed by atoms with van der Waals surface area (Å²) in [5.41, 5.74) is 1.81. The summed E-state index contributed by atoms with van der Waals surface area (Å²) in [7, 11) is 0. The number of benzene rings is 3. The summed E-state index contributed by atoms with van der Waals surface area (Å²) in [6.45, 7) is 0.0636. The summed E-state index contributed by atoms with van der Waals surface area (Å²) >= 11 is 5.82. The lowest BCUT2D eigenvalue weighted by Crippen LogP contribution is -2.28. The maximum Gasteiger partial charge on any atom is 0.310 e. The molecule has 0 aliphatic carbocycles. The highest BCUT2D eigenvalue weighted by Gasteiger charge is 2.10. The lowest BCUT2D eigenvalue weighted by atomic mass is 10.0. The molecule has 0 heterocycles. The van der Waals surface area contributed by atoms with Crippen LogP contribution in [-0.4, -0.2) is 18.5 Å². The van der Waals surface area contributed by atoms with E-state index < -0.39 is 5.97 Å². The van der Waals surface area contributed by atoms with Crippen LogP contribution in [0.3, 0.4) is 0 Å². The third kappa shape index (κ3) is 4.83. The van der Waals surface area contributed by atoms with Crippen molar-refractivity contribution in [2.45, 2.75) is 13.0 Å². The van der Waals surface area contributed by atoms with Gasteiger partial charge in [-0.3, -0.25) is 9.59 Å².